The molecule has 0 saturated heterocycles. The third-order valence-electron chi connectivity index (χ3n) is 2.60. The molecule has 1 unspecified atom stereocenters. The average Bonchev–Trinajstić information content (AvgIpc) is 2.72. The van der Waals surface area contributed by atoms with Gasteiger partial charge in [-0.3, -0.25) is 0 Å². The molecule has 2 rings (SSSR count). The van der Waals surface area contributed by atoms with Gasteiger partial charge in [-0.05, 0) is 19.1 Å². The first-order valence-electron chi connectivity index (χ1n) is 5.01. The third-order valence-corrected chi connectivity index (χ3v) is 3.77. The molecule has 0 aliphatic rings. The van der Waals surface area contributed by atoms with Crippen LogP contribution in [-0.4, -0.2) is 29.1 Å². The second-order valence-electron chi connectivity index (χ2n) is 3.71. The maximum atomic E-state index is 13.5. The molecule has 6 heteroatoms. The minimum absolute atomic E-state index is 0.331. The van der Waals surface area contributed by atoms with Crippen LogP contribution < -0.4 is 4.90 Å². The van der Waals surface area contributed by atoms with Gasteiger partial charge in [0.2, 0.25) is 0 Å². The predicted octanol–water partition coefficient (Wildman–Crippen LogP) is 2.34. The number of rotatable bonds is 3. The number of benzene rings is 1. The molecule has 0 bridgehead atoms. The Morgan fingerprint density at radius 2 is 2.29 bits per heavy atom. The number of hydrogen-bond acceptors (Lipinski definition) is 4. The summed E-state index contributed by atoms with van der Waals surface area (Å²) in [4.78, 5) is 16.6. The molecule has 0 fully saturated rings. The molecule has 17 heavy (non-hydrogen) atoms. The van der Waals surface area contributed by atoms with Gasteiger partial charge in [0.1, 0.15) is 11.9 Å². The Morgan fingerprint density at radius 3 is 2.88 bits per heavy atom. The second kappa shape index (κ2) is 4.29. The van der Waals surface area contributed by atoms with E-state index in [4.69, 9.17) is 5.11 Å². The van der Waals surface area contributed by atoms with E-state index < -0.39 is 12.0 Å². The molecule has 0 aliphatic carbocycles. The molecular formula is C11H11FN2O2S. The van der Waals surface area contributed by atoms with Crippen molar-refractivity contribution < 1.29 is 14.3 Å². The van der Waals surface area contributed by atoms with Gasteiger partial charge in [0.25, 0.3) is 0 Å². The summed E-state index contributed by atoms with van der Waals surface area (Å²) in [6.45, 7) is 1.56. The summed E-state index contributed by atoms with van der Waals surface area (Å²) < 4.78 is 13.9. The highest BCUT2D eigenvalue weighted by atomic mass is 32.1. The van der Waals surface area contributed by atoms with Gasteiger partial charge in [-0.25, -0.2) is 14.2 Å². The number of carboxylic acid groups (broad SMARTS) is 1. The maximum absolute atomic E-state index is 13.5. The number of aromatic nitrogens is 1. The van der Waals surface area contributed by atoms with E-state index in [0.717, 1.165) is 11.3 Å². The minimum Gasteiger partial charge on any atom is -0.480 e. The lowest BCUT2D eigenvalue weighted by Crippen LogP contribution is -2.35. The highest BCUT2D eigenvalue weighted by molar-refractivity contribution is 7.22. The summed E-state index contributed by atoms with van der Waals surface area (Å²) in [5.74, 6) is -1.27. The van der Waals surface area contributed by atoms with Gasteiger partial charge in [-0.1, -0.05) is 17.4 Å². The monoisotopic (exact) mass is 254 g/mol. The number of thiazole rings is 1. The zero-order valence-corrected chi connectivity index (χ0v) is 10.2. The van der Waals surface area contributed by atoms with Crippen molar-refractivity contribution in [3.63, 3.8) is 0 Å². The molecule has 1 heterocycles. The lowest BCUT2D eigenvalue weighted by Gasteiger charge is -2.19. The number of likely N-dealkylation sites (N-methyl/N-ethyl adjacent to an activating group) is 1. The summed E-state index contributed by atoms with van der Waals surface area (Å²) in [6.07, 6.45) is 0. The van der Waals surface area contributed by atoms with Crippen molar-refractivity contribution in [1.82, 2.24) is 4.98 Å². The van der Waals surface area contributed by atoms with Gasteiger partial charge in [-0.15, -0.1) is 0 Å². The minimum atomic E-state index is -0.938. The topological polar surface area (TPSA) is 53.4 Å². The SMILES string of the molecule is CC(C(=O)O)N(C)c1nc2cccc(F)c2s1. The van der Waals surface area contributed by atoms with Gasteiger partial charge in [0.15, 0.2) is 5.13 Å². The molecule has 1 N–H and O–H groups in total. The standard InChI is InChI=1S/C11H11FN2O2S/c1-6(10(15)16)14(2)11-13-8-5-3-4-7(12)9(8)17-11/h3-6H,1-2H3,(H,15,16). The molecule has 0 amide bonds. The van der Waals surface area contributed by atoms with Crippen LogP contribution in [0.15, 0.2) is 18.2 Å². The van der Waals surface area contributed by atoms with Crippen molar-refractivity contribution in [3.05, 3.63) is 24.0 Å². The summed E-state index contributed by atoms with van der Waals surface area (Å²) in [7, 11) is 1.63. The molecule has 90 valence electrons. The van der Waals surface area contributed by atoms with E-state index in [2.05, 4.69) is 4.98 Å². The normalized spacial score (nSPS) is 12.6. The Kier molecular flexibility index (Phi) is 2.97. The van der Waals surface area contributed by atoms with Crippen molar-refractivity contribution in [2.75, 3.05) is 11.9 Å². The van der Waals surface area contributed by atoms with E-state index in [9.17, 15) is 9.18 Å². The molecule has 4 nitrogen and oxygen atoms in total. The van der Waals surface area contributed by atoms with Gasteiger partial charge in [0.05, 0.1) is 10.2 Å². The van der Waals surface area contributed by atoms with Crippen molar-refractivity contribution >= 4 is 32.7 Å². The maximum Gasteiger partial charge on any atom is 0.326 e. The number of aliphatic carboxylic acids is 1. The van der Waals surface area contributed by atoms with Crippen LogP contribution in [0.25, 0.3) is 10.2 Å². The van der Waals surface area contributed by atoms with Gasteiger partial charge < -0.3 is 10.0 Å². The number of halogens is 1. The lowest BCUT2D eigenvalue weighted by molar-refractivity contribution is -0.138. The largest absolute Gasteiger partial charge is 0.480 e. The fourth-order valence-corrected chi connectivity index (χ4v) is 2.40. The lowest BCUT2D eigenvalue weighted by atomic mass is 10.3. The fourth-order valence-electron chi connectivity index (χ4n) is 1.39. The van der Waals surface area contributed by atoms with Gasteiger partial charge >= 0.3 is 5.97 Å². The van der Waals surface area contributed by atoms with Crippen molar-refractivity contribution in [2.45, 2.75) is 13.0 Å². The Hall–Kier alpha value is -1.69. The van der Waals surface area contributed by atoms with Crippen LogP contribution in [0.5, 0.6) is 0 Å². The Balaban J connectivity index is 2.43. The summed E-state index contributed by atoms with van der Waals surface area (Å²) >= 11 is 1.15. The Morgan fingerprint density at radius 1 is 1.59 bits per heavy atom. The van der Waals surface area contributed by atoms with E-state index in [1.54, 1.807) is 26.1 Å². The van der Waals surface area contributed by atoms with Crippen LogP contribution in [0, 0.1) is 5.82 Å². The first-order valence-corrected chi connectivity index (χ1v) is 5.83. The Labute approximate surface area is 101 Å². The summed E-state index contributed by atoms with van der Waals surface area (Å²) in [5.41, 5.74) is 0.550. The molecule has 0 aliphatic heterocycles. The van der Waals surface area contributed by atoms with Crippen LogP contribution >= 0.6 is 11.3 Å². The number of carbonyl (C=O) groups is 1. The number of nitrogens with zero attached hydrogens (tertiary/aromatic N) is 2. The van der Waals surface area contributed by atoms with Crippen LogP contribution in [0.1, 0.15) is 6.92 Å². The zero-order chi connectivity index (χ0) is 12.6. The van der Waals surface area contributed by atoms with Crippen molar-refractivity contribution in [1.29, 1.82) is 0 Å². The van der Waals surface area contributed by atoms with E-state index in [-0.39, 0.29) is 5.82 Å². The fraction of sp³-hybridized carbons (Fsp3) is 0.273. The molecule has 0 spiro atoms. The molecule has 1 aromatic carbocycles. The zero-order valence-electron chi connectivity index (χ0n) is 9.35. The molecule has 0 saturated carbocycles. The average molecular weight is 254 g/mol. The smallest absolute Gasteiger partial charge is 0.326 e. The van der Waals surface area contributed by atoms with Crippen molar-refractivity contribution in [3.8, 4) is 0 Å². The summed E-state index contributed by atoms with van der Waals surface area (Å²) in [6, 6.07) is 3.96. The van der Waals surface area contributed by atoms with Crippen LogP contribution in [0.3, 0.4) is 0 Å². The second-order valence-corrected chi connectivity index (χ2v) is 4.69. The first-order chi connectivity index (χ1) is 8.00. The van der Waals surface area contributed by atoms with Crippen molar-refractivity contribution in [2.24, 2.45) is 0 Å². The van der Waals surface area contributed by atoms with E-state index in [1.165, 1.54) is 11.0 Å². The molecular weight excluding hydrogens is 243 g/mol. The number of hydrogen-bond donors (Lipinski definition) is 1. The quantitative estimate of drug-likeness (QED) is 0.913. The molecule has 1 aromatic heterocycles. The van der Waals surface area contributed by atoms with Crippen LogP contribution in [0.4, 0.5) is 9.52 Å². The first kappa shape index (κ1) is 11.8. The number of anilines is 1. The highest BCUT2D eigenvalue weighted by Crippen LogP contribution is 2.30. The third kappa shape index (κ3) is 2.08. The number of fused-ring (bicyclic) bond motifs is 1. The van der Waals surface area contributed by atoms with Crippen LogP contribution in [-0.2, 0) is 4.79 Å². The van der Waals surface area contributed by atoms with E-state index in [0.29, 0.717) is 15.3 Å². The molecule has 1 atom stereocenters. The highest BCUT2D eigenvalue weighted by Gasteiger charge is 2.20. The van der Waals surface area contributed by atoms with Crippen LogP contribution in [0.2, 0.25) is 0 Å². The Bertz CT molecular complexity index is 570. The number of carboxylic acids is 1. The van der Waals surface area contributed by atoms with E-state index >= 15 is 0 Å². The van der Waals surface area contributed by atoms with Gasteiger partial charge in [-0.2, -0.15) is 0 Å². The summed E-state index contributed by atoms with van der Waals surface area (Å²) in [5, 5.41) is 9.40. The van der Waals surface area contributed by atoms with Gasteiger partial charge in [0, 0.05) is 7.05 Å². The molecule has 0 radical (unpaired) electrons. The molecule has 2 aromatic rings. The van der Waals surface area contributed by atoms with E-state index in [1.807, 2.05) is 0 Å². The predicted molar refractivity (Wildman–Crippen MR) is 65.1 cm³/mol.